The third-order valence-corrected chi connectivity index (χ3v) is 4.01. The zero-order valence-corrected chi connectivity index (χ0v) is 12.9. The highest BCUT2D eigenvalue weighted by Gasteiger charge is 2.05. The Balaban J connectivity index is 1.93. The van der Waals surface area contributed by atoms with Gasteiger partial charge in [0.2, 0.25) is 5.91 Å². The van der Waals surface area contributed by atoms with Crippen molar-refractivity contribution in [1.82, 2.24) is 0 Å². The number of hydrogen-bond donors (Lipinski definition) is 2. The number of hydrogen-bond acceptors (Lipinski definition) is 2. The average Bonchev–Trinajstić information content (AvgIpc) is 2.42. The van der Waals surface area contributed by atoms with Crippen LogP contribution in [0.2, 0.25) is 0 Å². The molecule has 0 aliphatic heterocycles. The summed E-state index contributed by atoms with van der Waals surface area (Å²) in [6.07, 6.45) is 1.07. The third kappa shape index (κ3) is 3.84. The molecular weight excluding hydrogens is 316 g/mol. The molecule has 0 saturated carbocycles. The van der Waals surface area contributed by atoms with Gasteiger partial charge in [0.25, 0.3) is 0 Å². The Bertz CT molecular complexity index is 626. The molecule has 104 valence electrons. The Labute approximate surface area is 127 Å². The van der Waals surface area contributed by atoms with E-state index in [1.165, 1.54) is 0 Å². The van der Waals surface area contributed by atoms with Gasteiger partial charge in [0.15, 0.2) is 0 Å². The Morgan fingerprint density at radius 1 is 1.25 bits per heavy atom. The monoisotopic (exact) mass is 332 g/mol. The predicted molar refractivity (Wildman–Crippen MR) is 86.7 cm³/mol. The topological polar surface area (TPSA) is 55.1 Å². The second-order valence-electron chi connectivity index (χ2n) is 4.71. The Kier molecular flexibility index (Phi) is 4.79. The lowest BCUT2D eigenvalue weighted by Gasteiger charge is -2.08. The first kappa shape index (κ1) is 14.6. The molecule has 0 aromatic heterocycles. The summed E-state index contributed by atoms with van der Waals surface area (Å²) in [5.74, 6) is -0.00465. The molecule has 0 heterocycles. The number of halogens is 1. The van der Waals surface area contributed by atoms with E-state index in [-0.39, 0.29) is 5.91 Å². The third-order valence-electron chi connectivity index (χ3n) is 3.12. The highest BCUT2D eigenvalue weighted by molar-refractivity contribution is 9.10. The summed E-state index contributed by atoms with van der Waals surface area (Å²) >= 11 is 3.44. The lowest BCUT2D eigenvalue weighted by atomic mass is 10.1. The van der Waals surface area contributed by atoms with Crippen LogP contribution in [0.3, 0.4) is 0 Å². The van der Waals surface area contributed by atoms with Gasteiger partial charge in [-0.05, 0) is 48.7 Å². The molecule has 2 aromatic rings. The van der Waals surface area contributed by atoms with Crippen LogP contribution in [0.15, 0.2) is 46.9 Å². The number of nitrogens with one attached hydrogen (secondary N) is 1. The van der Waals surface area contributed by atoms with E-state index in [0.717, 1.165) is 27.0 Å². The molecule has 20 heavy (non-hydrogen) atoms. The minimum Gasteiger partial charge on any atom is -0.399 e. The molecule has 0 aliphatic carbocycles. The molecule has 2 rings (SSSR count). The minimum atomic E-state index is -0.00465. The fraction of sp³-hybridized carbons (Fsp3) is 0.188. The Hall–Kier alpha value is -1.81. The summed E-state index contributed by atoms with van der Waals surface area (Å²) in [7, 11) is 0. The fourth-order valence-corrected chi connectivity index (χ4v) is 2.20. The van der Waals surface area contributed by atoms with E-state index in [9.17, 15) is 4.79 Å². The van der Waals surface area contributed by atoms with E-state index in [1.54, 1.807) is 0 Å². The molecule has 3 nitrogen and oxygen atoms in total. The van der Waals surface area contributed by atoms with Crippen LogP contribution < -0.4 is 11.1 Å². The number of carbonyl (C=O) groups excluding carboxylic acids is 1. The number of amides is 1. The van der Waals surface area contributed by atoms with E-state index in [2.05, 4.69) is 21.2 Å². The Morgan fingerprint density at radius 3 is 2.70 bits per heavy atom. The normalized spacial score (nSPS) is 10.3. The van der Waals surface area contributed by atoms with Crippen molar-refractivity contribution in [2.45, 2.75) is 19.8 Å². The zero-order valence-electron chi connectivity index (χ0n) is 11.3. The number of nitrogen functional groups attached to an aromatic ring is 1. The molecule has 0 unspecified atom stereocenters. The van der Waals surface area contributed by atoms with Gasteiger partial charge in [-0.15, -0.1) is 0 Å². The van der Waals surface area contributed by atoms with Crippen LogP contribution in [-0.2, 0) is 11.2 Å². The highest BCUT2D eigenvalue weighted by Crippen LogP contribution is 2.20. The van der Waals surface area contributed by atoms with Crippen LogP contribution in [0.5, 0.6) is 0 Å². The molecule has 1 amide bonds. The second kappa shape index (κ2) is 6.57. The number of benzene rings is 2. The summed E-state index contributed by atoms with van der Waals surface area (Å²) in [4.78, 5) is 11.9. The summed E-state index contributed by atoms with van der Waals surface area (Å²) < 4.78 is 1.03. The molecular formula is C16H17BrN2O. The van der Waals surface area contributed by atoms with Crippen molar-refractivity contribution in [3.05, 3.63) is 58.1 Å². The lowest BCUT2D eigenvalue weighted by Crippen LogP contribution is -2.12. The van der Waals surface area contributed by atoms with E-state index < -0.39 is 0 Å². The van der Waals surface area contributed by atoms with E-state index in [4.69, 9.17) is 5.73 Å². The maximum Gasteiger partial charge on any atom is 0.224 e. The van der Waals surface area contributed by atoms with Gasteiger partial charge in [0.1, 0.15) is 0 Å². The number of aryl methyl sites for hydroxylation is 2. The molecule has 0 bridgehead atoms. The van der Waals surface area contributed by atoms with E-state index >= 15 is 0 Å². The summed E-state index contributed by atoms with van der Waals surface area (Å²) in [5.41, 5.74) is 9.51. The van der Waals surface area contributed by atoms with Crippen LogP contribution in [0.1, 0.15) is 17.5 Å². The highest BCUT2D eigenvalue weighted by atomic mass is 79.9. The molecule has 0 spiro atoms. The predicted octanol–water partition coefficient (Wildman–Crippen LogP) is 3.91. The van der Waals surface area contributed by atoms with Crippen LogP contribution >= 0.6 is 15.9 Å². The number of nitrogens with two attached hydrogens (primary N) is 1. The average molecular weight is 333 g/mol. The first-order chi connectivity index (χ1) is 9.56. The maximum absolute atomic E-state index is 11.9. The standard InChI is InChI=1S/C16H17BrN2O/c1-11-10-13(7-8-14(11)17)19-16(20)9-6-12-4-2-3-5-15(12)18/h2-5,7-8,10H,6,9,18H2,1H3,(H,19,20). The van der Waals surface area contributed by atoms with Gasteiger partial charge >= 0.3 is 0 Å². The smallest absolute Gasteiger partial charge is 0.224 e. The molecule has 2 aromatic carbocycles. The fourth-order valence-electron chi connectivity index (χ4n) is 1.96. The van der Waals surface area contributed by atoms with Crippen LogP contribution in [0.25, 0.3) is 0 Å². The number of para-hydroxylation sites is 1. The molecule has 0 saturated heterocycles. The van der Waals surface area contributed by atoms with Crippen LogP contribution in [0, 0.1) is 6.92 Å². The van der Waals surface area contributed by atoms with Crippen molar-refractivity contribution in [3.8, 4) is 0 Å². The molecule has 4 heteroatoms. The first-order valence-corrected chi connectivity index (χ1v) is 7.25. The summed E-state index contributed by atoms with van der Waals surface area (Å²) in [6, 6.07) is 13.4. The number of anilines is 2. The zero-order chi connectivity index (χ0) is 14.5. The molecule has 3 N–H and O–H groups in total. The van der Waals surface area contributed by atoms with Gasteiger partial charge in [-0.3, -0.25) is 4.79 Å². The number of carbonyl (C=O) groups is 1. The SMILES string of the molecule is Cc1cc(NC(=O)CCc2ccccc2N)ccc1Br. The quantitative estimate of drug-likeness (QED) is 0.834. The van der Waals surface area contributed by atoms with Gasteiger partial charge in [-0.25, -0.2) is 0 Å². The van der Waals surface area contributed by atoms with Crippen molar-refractivity contribution < 1.29 is 4.79 Å². The molecule has 0 radical (unpaired) electrons. The van der Waals surface area contributed by atoms with Gasteiger partial charge in [0.05, 0.1) is 0 Å². The van der Waals surface area contributed by atoms with E-state index in [0.29, 0.717) is 12.8 Å². The van der Waals surface area contributed by atoms with Gasteiger partial charge in [-0.2, -0.15) is 0 Å². The summed E-state index contributed by atoms with van der Waals surface area (Å²) in [5, 5.41) is 2.90. The first-order valence-electron chi connectivity index (χ1n) is 6.45. The van der Waals surface area contributed by atoms with Gasteiger partial charge < -0.3 is 11.1 Å². The van der Waals surface area contributed by atoms with Crippen molar-refractivity contribution in [2.75, 3.05) is 11.1 Å². The van der Waals surface area contributed by atoms with Crippen molar-refractivity contribution in [2.24, 2.45) is 0 Å². The second-order valence-corrected chi connectivity index (χ2v) is 5.57. The molecule has 0 aliphatic rings. The van der Waals surface area contributed by atoms with Gasteiger partial charge in [-0.1, -0.05) is 34.1 Å². The molecule has 0 fully saturated rings. The summed E-state index contributed by atoms with van der Waals surface area (Å²) in [6.45, 7) is 1.99. The lowest BCUT2D eigenvalue weighted by molar-refractivity contribution is -0.116. The Morgan fingerprint density at radius 2 is 2.00 bits per heavy atom. The maximum atomic E-state index is 11.9. The number of rotatable bonds is 4. The van der Waals surface area contributed by atoms with Crippen molar-refractivity contribution in [1.29, 1.82) is 0 Å². The van der Waals surface area contributed by atoms with Crippen LogP contribution in [0.4, 0.5) is 11.4 Å². The largest absolute Gasteiger partial charge is 0.399 e. The van der Waals surface area contributed by atoms with Crippen LogP contribution in [-0.4, -0.2) is 5.91 Å². The minimum absolute atomic E-state index is 0.00465. The van der Waals surface area contributed by atoms with Crippen molar-refractivity contribution >= 4 is 33.2 Å². The molecule has 0 atom stereocenters. The van der Waals surface area contributed by atoms with E-state index in [1.807, 2.05) is 49.4 Å². The van der Waals surface area contributed by atoms with Crippen molar-refractivity contribution in [3.63, 3.8) is 0 Å². The van der Waals surface area contributed by atoms with Gasteiger partial charge in [0, 0.05) is 22.3 Å².